The monoisotopic (exact) mass is 738 g/mol. The van der Waals surface area contributed by atoms with Crippen molar-refractivity contribution in [1.29, 1.82) is 0 Å². The summed E-state index contributed by atoms with van der Waals surface area (Å²) in [5.41, 5.74) is 2.77. The number of ether oxygens (including phenoxy) is 1. The summed E-state index contributed by atoms with van der Waals surface area (Å²) in [5.74, 6) is 0. The molecule has 0 aliphatic carbocycles. The Morgan fingerprint density at radius 3 is 1.63 bits per heavy atom. The van der Waals surface area contributed by atoms with Crippen molar-refractivity contribution < 1.29 is 19.4 Å². The van der Waals surface area contributed by atoms with E-state index in [1.807, 2.05) is 40.1 Å². The van der Waals surface area contributed by atoms with Crippen LogP contribution in [-0.4, -0.2) is 127 Å². The standard InChI is InChI=1S/C25H33N3O2.C19H29N3O2/c1-27-17-14-22(15-18-27)26-25(29)28-16-8-13-23(19-28)30-24(20-9-4-2-5-10-20)21-11-6-3-7-12-21;1-21-11-7-17(8-12-21)20-18(23)22-13-9-19(24,10-14-22)15-16-5-3-2-4-6-16/h2-7,9-12,22-24H,8,13-19H2,1H3,(H,26,29);2-6,17,24H,7-15H2,1H3,(H,20,23). The van der Waals surface area contributed by atoms with Crippen LogP contribution in [0.3, 0.4) is 0 Å². The van der Waals surface area contributed by atoms with Crippen molar-refractivity contribution in [2.24, 2.45) is 0 Å². The second-order valence-corrected chi connectivity index (χ2v) is 16.0. The van der Waals surface area contributed by atoms with Crippen molar-refractivity contribution in [3.63, 3.8) is 0 Å². The number of nitrogens with zero attached hydrogens (tertiary/aromatic N) is 4. The zero-order valence-corrected chi connectivity index (χ0v) is 32.5. The van der Waals surface area contributed by atoms with E-state index in [0.29, 0.717) is 44.9 Å². The molecule has 1 unspecified atom stereocenters. The molecule has 4 saturated heterocycles. The Kier molecular flexibility index (Phi) is 14.4. The largest absolute Gasteiger partial charge is 0.389 e. The van der Waals surface area contributed by atoms with E-state index in [1.165, 1.54) is 0 Å². The average Bonchev–Trinajstić information content (AvgIpc) is 3.20. The average molecular weight is 739 g/mol. The van der Waals surface area contributed by atoms with Gasteiger partial charge in [0.25, 0.3) is 0 Å². The summed E-state index contributed by atoms with van der Waals surface area (Å²) in [6.45, 7) is 6.89. The third-order valence-corrected chi connectivity index (χ3v) is 11.6. The molecular formula is C44H62N6O4. The van der Waals surface area contributed by atoms with Crippen molar-refractivity contribution in [3.05, 3.63) is 108 Å². The molecule has 7 rings (SSSR count). The van der Waals surface area contributed by atoms with Gasteiger partial charge >= 0.3 is 12.1 Å². The Morgan fingerprint density at radius 2 is 1.13 bits per heavy atom. The summed E-state index contributed by atoms with van der Waals surface area (Å²) in [5, 5.41) is 17.2. The number of carbonyl (C=O) groups excluding carboxylic acids is 2. The fourth-order valence-corrected chi connectivity index (χ4v) is 8.15. The van der Waals surface area contributed by atoms with Crippen LogP contribution in [0, 0.1) is 0 Å². The number of hydrogen-bond donors (Lipinski definition) is 3. The Balaban J connectivity index is 0.000000189. The van der Waals surface area contributed by atoms with Crippen LogP contribution in [0.2, 0.25) is 0 Å². The van der Waals surface area contributed by atoms with Gasteiger partial charge in [-0.3, -0.25) is 0 Å². The third-order valence-electron chi connectivity index (χ3n) is 11.6. The molecule has 10 heteroatoms. The highest BCUT2D eigenvalue weighted by atomic mass is 16.5. The van der Waals surface area contributed by atoms with Crippen LogP contribution in [0.5, 0.6) is 0 Å². The second kappa shape index (κ2) is 19.6. The topological polar surface area (TPSA) is 101 Å². The van der Waals surface area contributed by atoms with Gasteiger partial charge in [-0.1, -0.05) is 91.0 Å². The van der Waals surface area contributed by atoms with E-state index in [4.69, 9.17) is 4.74 Å². The third kappa shape index (κ3) is 11.8. The van der Waals surface area contributed by atoms with E-state index in [0.717, 1.165) is 87.9 Å². The van der Waals surface area contributed by atoms with E-state index < -0.39 is 5.60 Å². The summed E-state index contributed by atoms with van der Waals surface area (Å²) >= 11 is 0. The number of carbonyl (C=O) groups is 2. The highest BCUT2D eigenvalue weighted by molar-refractivity contribution is 5.75. The fraction of sp³-hybridized carbons (Fsp3) is 0.545. The first kappa shape index (κ1) is 39.7. The maximum Gasteiger partial charge on any atom is 0.317 e. The molecule has 4 heterocycles. The number of amides is 4. The maximum atomic E-state index is 12.9. The molecule has 10 nitrogen and oxygen atoms in total. The Bertz CT molecular complexity index is 1520. The van der Waals surface area contributed by atoms with Gasteiger partial charge in [0, 0.05) is 44.7 Å². The predicted octanol–water partition coefficient (Wildman–Crippen LogP) is 5.92. The van der Waals surface area contributed by atoms with Crippen molar-refractivity contribution in [3.8, 4) is 0 Å². The first-order chi connectivity index (χ1) is 26.2. The van der Waals surface area contributed by atoms with Gasteiger partial charge in [0.1, 0.15) is 6.10 Å². The van der Waals surface area contributed by atoms with Gasteiger partial charge in [0.05, 0.1) is 11.7 Å². The maximum absolute atomic E-state index is 12.9. The molecule has 292 valence electrons. The smallest absolute Gasteiger partial charge is 0.317 e. The van der Waals surface area contributed by atoms with E-state index in [-0.39, 0.29) is 30.3 Å². The van der Waals surface area contributed by atoms with E-state index in [1.54, 1.807) is 0 Å². The van der Waals surface area contributed by atoms with Gasteiger partial charge in [-0.2, -0.15) is 0 Å². The normalized spacial score (nSPS) is 21.6. The SMILES string of the molecule is CN1CCC(NC(=O)N2CCC(O)(Cc3ccccc3)CC2)CC1.CN1CCC(NC(=O)N2CCCC(OC(c3ccccc3)c3ccccc3)C2)CC1. The minimum absolute atomic E-state index is 0.0336. The number of likely N-dealkylation sites (tertiary alicyclic amines) is 4. The minimum atomic E-state index is -0.689. The molecule has 3 aromatic rings. The molecule has 0 bridgehead atoms. The lowest BCUT2D eigenvalue weighted by atomic mass is 9.85. The molecule has 0 spiro atoms. The van der Waals surface area contributed by atoms with Gasteiger partial charge in [-0.25, -0.2) is 9.59 Å². The van der Waals surface area contributed by atoms with Gasteiger partial charge in [-0.15, -0.1) is 0 Å². The van der Waals surface area contributed by atoms with Gasteiger partial charge in [-0.05, 0) is 108 Å². The molecule has 4 fully saturated rings. The number of aliphatic hydroxyl groups is 1. The first-order valence-corrected chi connectivity index (χ1v) is 20.2. The zero-order chi connectivity index (χ0) is 37.8. The molecule has 3 aromatic carbocycles. The van der Waals surface area contributed by atoms with Crippen LogP contribution in [0.4, 0.5) is 9.59 Å². The molecule has 3 N–H and O–H groups in total. The minimum Gasteiger partial charge on any atom is -0.389 e. The summed E-state index contributed by atoms with van der Waals surface area (Å²) in [7, 11) is 4.26. The number of urea groups is 2. The molecule has 4 aliphatic rings. The van der Waals surface area contributed by atoms with Crippen LogP contribution in [-0.2, 0) is 11.2 Å². The molecule has 4 amide bonds. The zero-order valence-electron chi connectivity index (χ0n) is 32.5. The highest BCUT2D eigenvalue weighted by Gasteiger charge is 2.35. The highest BCUT2D eigenvalue weighted by Crippen LogP contribution is 2.30. The fourth-order valence-electron chi connectivity index (χ4n) is 8.15. The number of piperidine rings is 4. The van der Waals surface area contributed by atoms with Gasteiger partial charge < -0.3 is 40.1 Å². The Hall–Kier alpha value is -3.96. The van der Waals surface area contributed by atoms with Crippen LogP contribution >= 0.6 is 0 Å². The summed E-state index contributed by atoms with van der Waals surface area (Å²) in [6, 6.07) is 31.5. The van der Waals surface area contributed by atoms with Crippen LogP contribution in [0.1, 0.15) is 74.2 Å². The number of rotatable bonds is 8. The van der Waals surface area contributed by atoms with Crippen LogP contribution in [0.25, 0.3) is 0 Å². The number of nitrogens with one attached hydrogen (secondary N) is 2. The second-order valence-electron chi connectivity index (χ2n) is 16.0. The number of benzene rings is 3. The van der Waals surface area contributed by atoms with E-state index in [2.05, 4.69) is 95.2 Å². The molecule has 1 atom stereocenters. The molecular weight excluding hydrogens is 677 g/mol. The number of hydrogen-bond acceptors (Lipinski definition) is 6. The van der Waals surface area contributed by atoms with Gasteiger partial charge in [0.2, 0.25) is 0 Å². The first-order valence-electron chi connectivity index (χ1n) is 20.2. The Morgan fingerprint density at radius 1 is 0.667 bits per heavy atom. The van der Waals surface area contributed by atoms with E-state index in [9.17, 15) is 14.7 Å². The lowest BCUT2D eigenvalue weighted by molar-refractivity contribution is -0.0254. The molecule has 54 heavy (non-hydrogen) atoms. The quantitative estimate of drug-likeness (QED) is 0.266. The lowest BCUT2D eigenvalue weighted by Crippen LogP contribution is -2.53. The van der Waals surface area contributed by atoms with E-state index >= 15 is 0 Å². The van der Waals surface area contributed by atoms with Crippen LogP contribution < -0.4 is 10.6 Å². The summed E-state index contributed by atoms with van der Waals surface area (Å²) in [6.07, 6.45) is 7.92. The molecule has 4 aliphatic heterocycles. The molecule has 0 saturated carbocycles. The molecule has 0 aromatic heterocycles. The lowest BCUT2D eigenvalue weighted by Gasteiger charge is -2.39. The summed E-state index contributed by atoms with van der Waals surface area (Å²) < 4.78 is 6.62. The summed E-state index contributed by atoms with van der Waals surface area (Å²) in [4.78, 5) is 33.7. The van der Waals surface area contributed by atoms with Crippen LogP contribution in [0.15, 0.2) is 91.0 Å². The van der Waals surface area contributed by atoms with Crippen molar-refractivity contribution >= 4 is 12.1 Å². The predicted molar refractivity (Wildman–Crippen MR) is 214 cm³/mol. The van der Waals surface area contributed by atoms with Crippen molar-refractivity contribution in [1.82, 2.24) is 30.2 Å². The van der Waals surface area contributed by atoms with Gasteiger partial charge in [0.15, 0.2) is 0 Å². The van der Waals surface area contributed by atoms with Crippen molar-refractivity contribution in [2.75, 3.05) is 66.5 Å². The van der Waals surface area contributed by atoms with Crippen molar-refractivity contribution in [2.45, 2.75) is 87.7 Å². The Labute approximate surface area is 322 Å². The molecule has 0 radical (unpaired) electrons.